The van der Waals surface area contributed by atoms with Crippen LogP contribution >= 0.6 is 0 Å². The number of aromatic nitrogens is 1. The molecule has 0 saturated carbocycles. The van der Waals surface area contributed by atoms with Crippen LogP contribution in [0.4, 0.5) is 0 Å². The smallest absolute Gasteiger partial charge is 0.125 e. The summed E-state index contributed by atoms with van der Waals surface area (Å²) >= 11 is 0. The highest BCUT2D eigenvalue weighted by molar-refractivity contribution is 5.30. The predicted molar refractivity (Wildman–Crippen MR) is 62.2 cm³/mol. The molecule has 0 radical (unpaired) electrons. The van der Waals surface area contributed by atoms with Gasteiger partial charge in [0.15, 0.2) is 0 Å². The number of hydrogen-bond donors (Lipinski definition) is 1. The summed E-state index contributed by atoms with van der Waals surface area (Å²) in [5, 5.41) is 3.45. The van der Waals surface area contributed by atoms with Gasteiger partial charge in [0, 0.05) is 24.0 Å². The van der Waals surface area contributed by atoms with Crippen LogP contribution in [0.3, 0.4) is 0 Å². The molecule has 0 amide bonds. The Bertz CT molecular complexity index is 289. The molecule has 1 aromatic rings. The van der Waals surface area contributed by atoms with E-state index in [1.54, 1.807) is 13.3 Å². The molecule has 1 rings (SSSR count). The van der Waals surface area contributed by atoms with Crippen molar-refractivity contribution in [3.8, 4) is 5.75 Å². The number of pyridine rings is 1. The number of nitrogens with zero attached hydrogens (tertiary/aromatic N) is 1. The van der Waals surface area contributed by atoms with Gasteiger partial charge in [0.1, 0.15) is 5.75 Å². The van der Waals surface area contributed by atoms with Crippen LogP contribution in [-0.4, -0.2) is 24.7 Å². The third-order valence-corrected chi connectivity index (χ3v) is 2.35. The lowest BCUT2D eigenvalue weighted by atomic mass is 10.1. The number of ether oxygens (including phenoxy) is 1. The molecule has 0 spiro atoms. The average Bonchev–Trinajstić information content (AvgIpc) is 2.27. The molecule has 1 heterocycles. The van der Waals surface area contributed by atoms with Gasteiger partial charge in [-0.1, -0.05) is 6.92 Å². The lowest BCUT2D eigenvalue weighted by Gasteiger charge is -2.14. The first-order valence-corrected chi connectivity index (χ1v) is 5.48. The Labute approximate surface area is 91.9 Å². The van der Waals surface area contributed by atoms with Gasteiger partial charge >= 0.3 is 0 Å². The second kappa shape index (κ2) is 6.40. The number of rotatable bonds is 6. The number of hydrogen-bond acceptors (Lipinski definition) is 3. The maximum Gasteiger partial charge on any atom is 0.125 e. The molecule has 84 valence electrons. The molecule has 0 aliphatic rings. The van der Waals surface area contributed by atoms with Gasteiger partial charge in [0.05, 0.1) is 7.11 Å². The summed E-state index contributed by atoms with van der Waals surface area (Å²) in [4.78, 5) is 4.12. The largest absolute Gasteiger partial charge is 0.496 e. The van der Waals surface area contributed by atoms with Crippen LogP contribution < -0.4 is 10.1 Å². The fourth-order valence-corrected chi connectivity index (χ4v) is 1.56. The third-order valence-electron chi connectivity index (χ3n) is 2.35. The minimum absolute atomic E-state index is 0.461. The molecular weight excluding hydrogens is 188 g/mol. The van der Waals surface area contributed by atoms with Crippen LogP contribution in [0, 0.1) is 0 Å². The fraction of sp³-hybridized carbons (Fsp3) is 0.583. The van der Waals surface area contributed by atoms with E-state index >= 15 is 0 Å². The standard InChI is InChI=1S/C12H20N2O/c1-4-6-14-10(2)8-11-9-13-7-5-12(11)15-3/h5,7,9-10,14H,4,6,8H2,1-3H3/t10-/m1/s1. The Balaban J connectivity index is 2.55. The number of nitrogens with one attached hydrogen (secondary N) is 1. The van der Waals surface area contributed by atoms with Crippen molar-refractivity contribution < 1.29 is 4.74 Å². The Hall–Kier alpha value is -1.09. The Morgan fingerprint density at radius 3 is 3.00 bits per heavy atom. The maximum atomic E-state index is 5.28. The minimum atomic E-state index is 0.461. The first-order valence-electron chi connectivity index (χ1n) is 5.48. The Morgan fingerprint density at radius 2 is 2.33 bits per heavy atom. The lowest BCUT2D eigenvalue weighted by Crippen LogP contribution is -2.28. The quantitative estimate of drug-likeness (QED) is 0.776. The summed E-state index contributed by atoms with van der Waals surface area (Å²) < 4.78 is 5.28. The molecule has 0 unspecified atom stereocenters. The van der Waals surface area contributed by atoms with E-state index in [0.717, 1.165) is 30.7 Å². The first-order chi connectivity index (χ1) is 7.27. The highest BCUT2D eigenvalue weighted by Gasteiger charge is 2.07. The maximum absolute atomic E-state index is 5.28. The van der Waals surface area contributed by atoms with Crippen molar-refractivity contribution in [2.24, 2.45) is 0 Å². The van der Waals surface area contributed by atoms with Crippen LogP contribution in [0.5, 0.6) is 5.75 Å². The third kappa shape index (κ3) is 3.88. The van der Waals surface area contributed by atoms with Crippen molar-refractivity contribution in [2.45, 2.75) is 32.7 Å². The van der Waals surface area contributed by atoms with Gasteiger partial charge in [-0.05, 0) is 32.4 Å². The molecule has 0 aliphatic heterocycles. The molecule has 3 nitrogen and oxygen atoms in total. The van der Waals surface area contributed by atoms with E-state index in [-0.39, 0.29) is 0 Å². The van der Waals surface area contributed by atoms with E-state index < -0.39 is 0 Å². The SMILES string of the molecule is CCCN[C@H](C)Cc1cnccc1OC. The molecule has 3 heteroatoms. The highest BCUT2D eigenvalue weighted by atomic mass is 16.5. The zero-order valence-electron chi connectivity index (χ0n) is 9.79. The Morgan fingerprint density at radius 1 is 1.53 bits per heavy atom. The first kappa shape index (κ1) is 12.0. The summed E-state index contributed by atoms with van der Waals surface area (Å²) in [6, 6.07) is 2.37. The van der Waals surface area contributed by atoms with Crippen LogP contribution in [0.25, 0.3) is 0 Å². The zero-order chi connectivity index (χ0) is 11.1. The molecule has 1 N–H and O–H groups in total. The van der Waals surface area contributed by atoms with Gasteiger partial charge < -0.3 is 10.1 Å². The van der Waals surface area contributed by atoms with E-state index in [1.165, 1.54) is 0 Å². The van der Waals surface area contributed by atoms with E-state index in [2.05, 4.69) is 24.1 Å². The van der Waals surface area contributed by atoms with Gasteiger partial charge in [0.25, 0.3) is 0 Å². The summed E-state index contributed by atoms with van der Waals surface area (Å²) in [5.41, 5.74) is 1.16. The number of methoxy groups -OCH3 is 1. The fourth-order valence-electron chi connectivity index (χ4n) is 1.56. The van der Waals surface area contributed by atoms with E-state index in [0.29, 0.717) is 6.04 Å². The summed E-state index contributed by atoms with van der Waals surface area (Å²) in [6.07, 6.45) is 5.75. The monoisotopic (exact) mass is 208 g/mol. The molecule has 0 aliphatic carbocycles. The van der Waals surface area contributed by atoms with E-state index in [4.69, 9.17) is 4.74 Å². The predicted octanol–water partition coefficient (Wildman–Crippen LogP) is 2.02. The Kier molecular flexibility index (Phi) is 5.12. The molecule has 15 heavy (non-hydrogen) atoms. The van der Waals surface area contributed by atoms with Crippen molar-refractivity contribution >= 4 is 0 Å². The van der Waals surface area contributed by atoms with Gasteiger partial charge in [-0.3, -0.25) is 4.98 Å². The van der Waals surface area contributed by atoms with Crippen molar-refractivity contribution in [3.63, 3.8) is 0 Å². The second-order valence-corrected chi connectivity index (χ2v) is 3.75. The van der Waals surface area contributed by atoms with Crippen LogP contribution in [0.2, 0.25) is 0 Å². The average molecular weight is 208 g/mol. The zero-order valence-corrected chi connectivity index (χ0v) is 9.79. The molecule has 0 bridgehead atoms. The highest BCUT2D eigenvalue weighted by Crippen LogP contribution is 2.17. The summed E-state index contributed by atoms with van der Waals surface area (Å²) in [6.45, 7) is 5.41. The molecular formula is C12H20N2O. The van der Waals surface area contributed by atoms with Crippen LogP contribution in [0.1, 0.15) is 25.8 Å². The van der Waals surface area contributed by atoms with Crippen LogP contribution in [0.15, 0.2) is 18.5 Å². The van der Waals surface area contributed by atoms with Gasteiger partial charge in [0.2, 0.25) is 0 Å². The second-order valence-electron chi connectivity index (χ2n) is 3.75. The normalized spacial score (nSPS) is 12.5. The van der Waals surface area contributed by atoms with Crippen molar-refractivity contribution in [3.05, 3.63) is 24.0 Å². The molecule has 1 aromatic heterocycles. The van der Waals surface area contributed by atoms with Crippen molar-refractivity contribution in [1.29, 1.82) is 0 Å². The van der Waals surface area contributed by atoms with Gasteiger partial charge in [-0.15, -0.1) is 0 Å². The lowest BCUT2D eigenvalue weighted by molar-refractivity contribution is 0.405. The van der Waals surface area contributed by atoms with Crippen LogP contribution in [-0.2, 0) is 6.42 Å². The minimum Gasteiger partial charge on any atom is -0.496 e. The van der Waals surface area contributed by atoms with E-state index in [1.807, 2.05) is 12.3 Å². The van der Waals surface area contributed by atoms with Crippen molar-refractivity contribution in [1.82, 2.24) is 10.3 Å². The molecule has 0 aromatic carbocycles. The molecule has 0 saturated heterocycles. The summed E-state index contributed by atoms with van der Waals surface area (Å²) in [5.74, 6) is 0.926. The molecule has 0 fully saturated rings. The summed E-state index contributed by atoms with van der Waals surface area (Å²) in [7, 11) is 1.70. The topological polar surface area (TPSA) is 34.2 Å². The van der Waals surface area contributed by atoms with Gasteiger partial charge in [-0.2, -0.15) is 0 Å². The van der Waals surface area contributed by atoms with E-state index in [9.17, 15) is 0 Å². The molecule has 1 atom stereocenters. The van der Waals surface area contributed by atoms with Crippen molar-refractivity contribution in [2.75, 3.05) is 13.7 Å². The van der Waals surface area contributed by atoms with Gasteiger partial charge in [-0.25, -0.2) is 0 Å².